The van der Waals surface area contributed by atoms with Gasteiger partial charge in [-0.15, -0.1) is 0 Å². The molecule has 0 radical (unpaired) electrons. The van der Waals surface area contributed by atoms with E-state index in [1.807, 2.05) is 25.2 Å². The van der Waals surface area contributed by atoms with Gasteiger partial charge in [0.1, 0.15) is 0 Å². The van der Waals surface area contributed by atoms with E-state index in [-0.39, 0.29) is 0 Å². The lowest BCUT2D eigenvalue weighted by Crippen LogP contribution is -2.04. The van der Waals surface area contributed by atoms with Crippen LogP contribution in [-0.2, 0) is 6.54 Å². The molecule has 0 spiro atoms. The fraction of sp³-hybridized carbons (Fsp3) is 0.222. The lowest BCUT2D eigenvalue weighted by atomic mass is 10.1. The van der Waals surface area contributed by atoms with Crippen LogP contribution in [0.25, 0.3) is 11.0 Å². The number of benzene rings is 1. The van der Waals surface area contributed by atoms with E-state index in [9.17, 15) is 0 Å². The van der Waals surface area contributed by atoms with E-state index in [0.717, 1.165) is 23.1 Å². The van der Waals surface area contributed by atoms with Crippen LogP contribution in [-0.4, -0.2) is 12.2 Å². The normalized spacial score (nSPS) is 10.9. The number of fused-ring (bicyclic) bond motifs is 1. The van der Waals surface area contributed by atoms with Crippen LogP contribution < -0.4 is 5.32 Å². The quantitative estimate of drug-likeness (QED) is 0.800. The first-order valence-electron chi connectivity index (χ1n) is 4.00. The van der Waals surface area contributed by atoms with Crippen LogP contribution in [0.5, 0.6) is 0 Å². The Morgan fingerprint density at radius 2 is 2.38 bits per heavy atom. The summed E-state index contributed by atoms with van der Waals surface area (Å²) in [7, 11) is 1.89. The van der Waals surface area contributed by atoms with Gasteiger partial charge < -0.3 is 9.84 Å². The number of hydrogen-bond acceptors (Lipinski definition) is 3. The third-order valence-corrected chi connectivity index (χ3v) is 2.17. The molecular formula is C9H9ClN2O. The molecule has 1 aromatic carbocycles. The summed E-state index contributed by atoms with van der Waals surface area (Å²) in [5.41, 5.74) is 1.84. The van der Waals surface area contributed by atoms with Gasteiger partial charge in [-0.3, -0.25) is 0 Å². The molecule has 0 atom stereocenters. The fourth-order valence-corrected chi connectivity index (χ4v) is 1.61. The highest BCUT2D eigenvalue weighted by Crippen LogP contribution is 2.25. The largest absolute Gasteiger partial charge is 0.355 e. The summed E-state index contributed by atoms with van der Waals surface area (Å²) in [6.45, 7) is 0.762. The van der Waals surface area contributed by atoms with Crippen LogP contribution in [0, 0.1) is 0 Å². The first kappa shape index (κ1) is 8.53. The standard InChI is InChI=1S/C9H9ClN2O/c1-11-5-6-3-2-4-7-8(6)9(10)12-13-7/h2-4,11H,5H2,1H3. The summed E-state index contributed by atoms with van der Waals surface area (Å²) >= 11 is 5.88. The monoisotopic (exact) mass is 196 g/mol. The van der Waals surface area contributed by atoms with Gasteiger partial charge in [-0.1, -0.05) is 28.9 Å². The van der Waals surface area contributed by atoms with Crippen molar-refractivity contribution in [2.75, 3.05) is 7.05 Å². The number of halogens is 1. The average Bonchev–Trinajstić information content (AvgIpc) is 2.50. The number of nitrogens with one attached hydrogen (secondary N) is 1. The number of rotatable bonds is 2. The number of hydrogen-bond donors (Lipinski definition) is 1. The summed E-state index contributed by atoms with van der Waals surface area (Å²) in [4.78, 5) is 0. The fourth-order valence-electron chi connectivity index (χ4n) is 1.36. The Balaban J connectivity index is 2.65. The Morgan fingerprint density at radius 3 is 3.15 bits per heavy atom. The zero-order valence-corrected chi connectivity index (χ0v) is 7.93. The molecule has 1 heterocycles. The summed E-state index contributed by atoms with van der Waals surface area (Å²) in [6.07, 6.45) is 0. The molecule has 2 rings (SSSR count). The second-order valence-corrected chi connectivity index (χ2v) is 3.15. The van der Waals surface area contributed by atoms with Crippen molar-refractivity contribution in [3.63, 3.8) is 0 Å². The zero-order valence-electron chi connectivity index (χ0n) is 7.17. The molecule has 0 amide bonds. The second-order valence-electron chi connectivity index (χ2n) is 2.79. The lowest BCUT2D eigenvalue weighted by molar-refractivity contribution is 0.457. The Bertz CT molecular complexity index is 424. The first-order chi connectivity index (χ1) is 6.33. The highest BCUT2D eigenvalue weighted by Gasteiger charge is 2.09. The molecule has 0 saturated carbocycles. The van der Waals surface area contributed by atoms with Gasteiger partial charge >= 0.3 is 0 Å². The highest BCUT2D eigenvalue weighted by atomic mass is 35.5. The van der Waals surface area contributed by atoms with Gasteiger partial charge in [-0.05, 0) is 18.7 Å². The van der Waals surface area contributed by atoms with Crippen LogP contribution >= 0.6 is 11.6 Å². The topological polar surface area (TPSA) is 38.1 Å². The smallest absolute Gasteiger partial charge is 0.180 e. The molecule has 0 fully saturated rings. The van der Waals surface area contributed by atoms with Crippen molar-refractivity contribution in [3.05, 3.63) is 28.9 Å². The lowest BCUT2D eigenvalue weighted by Gasteiger charge is -1.99. The molecule has 0 unspecified atom stereocenters. The van der Waals surface area contributed by atoms with Crippen molar-refractivity contribution in [1.82, 2.24) is 10.5 Å². The third-order valence-electron chi connectivity index (χ3n) is 1.91. The summed E-state index contributed by atoms with van der Waals surface area (Å²) in [6, 6.07) is 5.78. The third kappa shape index (κ3) is 1.41. The van der Waals surface area contributed by atoms with Gasteiger partial charge in [0.05, 0.1) is 5.39 Å². The predicted octanol–water partition coefficient (Wildman–Crippen LogP) is 2.20. The molecular weight excluding hydrogens is 188 g/mol. The van der Waals surface area contributed by atoms with Crippen molar-refractivity contribution in [2.45, 2.75) is 6.54 Å². The van der Waals surface area contributed by atoms with Crippen LogP contribution in [0.1, 0.15) is 5.56 Å². The number of aromatic nitrogens is 1. The van der Waals surface area contributed by atoms with Gasteiger partial charge in [0, 0.05) is 6.54 Å². The molecule has 0 aliphatic rings. The van der Waals surface area contributed by atoms with Crippen LogP contribution in [0.2, 0.25) is 5.15 Å². The van der Waals surface area contributed by atoms with Crippen molar-refractivity contribution in [1.29, 1.82) is 0 Å². The van der Waals surface area contributed by atoms with Gasteiger partial charge in [0.2, 0.25) is 0 Å². The highest BCUT2D eigenvalue weighted by molar-refractivity contribution is 6.34. The van der Waals surface area contributed by atoms with E-state index >= 15 is 0 Å². The minimum absolute atomic E-state index is 0.431. The molecule has 0 aliphatic heterocycles. The summed E-state index contributed by atoms with van der Waals surface area (Å²) in [5, 5.41) is 8.10. The van der Waals surface area contributed by atoms with Crippen molar-refractivity contribution >= 4 is 22.6 Å². The minimum atomic E-state index is 0.431. The molecule has 1 aromatic heterocycles. The Labute approximate surface area is 80.7 Å². The molecule has 68 valence electrons. The maximum Gasteiger partial charge on any atom is 0.180 e. The van der Waals surface area contributed by atoms with Crippen molar-refractivity contribution in [3.8, 4) is 0 Å². The predicted molar refractivity (Wildman–Crippen MR) is 51.8 cm³/mol. The molecule has 0 saturated heterocycles. The van der Waals surface area contributed by atoms with E-state index in [4.69, 9.17) is 16.1 Å². The molecule has 0 bridgehead atoms. The SMILES string of the molecule is CNCc1cccc2onc(Cl)c12. The minimum Gasteiger partial charge on any atom is -0.355 e. The van der Waals surface area contributed by atoms with Crippen LogP contribution in [0.3, 0.4) is 0 Å². The van der Waals surface area contributed by atoms with Crippen molar-refractivity contribution < 1.29 is 4.52 Å². The number of nitrogens with zero attached hydrogens (tertiary/aromatic N) is 1. The van der Waals surface area contributed by atoms with E-state index in [1.165, 1.54) is 0 Å². The summed E-state index contributed by atoms with van der Waals surface area (Å²) < 4.78 is 5.03. The molecule has 13 heavy (non-hydrogen) atoms. The van der Waals surface area contributed by atoms with Crippen LogP contribution in [0.15, 0.2) is 22.7 Å². The van der Waals surface area contributed by atoms with Crippen molar-refractivity contribution in [2.24, 2.45) is 0 Å². The Morgan fingerprint density at radius 1 is 1.54 bits per heavy atom. The molecule has 1 N–H and O–H groups in total. The molecule has 3 nitrogen and oxygen atoms in total. The average molecular weight is 197 g/mol. The van der Waals surface area contributed by atoms with Gasteiger partial charge in [0.15, 0.2) is 10.7 Å². The van der Waals surface area contributed by atoms with E-state index in [0.29, 0.717) is 5.15 Å². The maximum absolute atomic E-state index is 5.88. The van der Waals surface area contributed by atoms with E-state index in [1.54, 1.807) is 0 Å². The molecule has 2 aromatic rings. The van der Waals surface area contributed by atoms with Gasteiger partial charge in [-0.2, -0.15) is 0 Å². The summed E-state index contributed by atoms with van der Waals surface area (Å²) in [5.74, 6) is 0. The second kappa shape index (κ2) is 3.36. The Kier molecular flexibility index (Phi) is 2.20. The molecule has 4 heteroatoms. The first-order valence-corrected chi connectivity index (χ1v) is 4.38. The molecule has 0 aliphatic carbocycles. The Hall–Kier alpha value is -1.06. The van der Waals surface area contributed by atoms with Crippen LogP contribution in [0.4, 0.5) is 0 Å². The zero-order chi connectivity index (χ0) is 9.26. The van der Waals surface area contributed by atoms with E-state index < -0.39 is 0 Å². The maximum atomic E-state index is 5.88. The van der Waals surface area contributed by atoms with E-state index in [2.05, 4.69) is 10.5 Å². The van der Waals surface area contributed by atoms with Gasteiger partial charge in [-0.25, -0.2) is 0 Å². The van der Waals surface area contributed by atoms with Gasteiger partial charge in [0.25, 0.3) is 0 Å².